The van der Waals surface area contributed by atoms with E-state index < -0.39 is 8.32 Å². The zero-order valence-electron chi connectivity index (χ0n) is 14.7. The molecule has 4 nitrogen and oxygen atoms in total. The first-order valence-corrected chi connectivity index (χ1v) is 10.8. The average Bonchev–Trinajstić information content (AvgIpc) is 2.44. The maximum atomic E-state index is 9.04. The molecule has 2 unspecified atom stereocenters. The fourth-order valence-electron chi connectivity index (χ4n) is 2.35. The molecule has 0 aromatic rings. The first-order valence-electron chi connectivity index (χ1n) is 7.87. The van der Waals surface area contributed by atoms with E-state index in [4.69, 9.17) is 19.0 Å². The summed E-state index contributed by atoms with van der Waals surface area (Å²) in [4.78, 5) is 0. The van der Waals surface area contributed by atoms with Gasteiger partial charge >= 0.3 is 0 Å². The highest BCUT2D eigenvalue weighted by molar-refractivity contribution is 6.74. The number of ether oxygens (including phenoxy) is 2. The summed E-state index contributed by atoms with van der Waals surface area (Å²) in [6, 6.07) is 0. The van der Waals surface area contributed by atoms with Crippen molar-refractivity contribution in [3.05, 3.63) is 12.8 Å². The van der Waals surface area contributed by atoms with E-state index in [1.165, 1.54) is 6.26 Å². The highest BCUT2D eigenvalue weighted by Gasteiger charge is 2.48. The zero-order chi connectivity index (χ0) is 16.6. The number of aliphatic hydroxyl groups excluding tert-OH is 1. The van der Waals surface area contributed by atoms with Crippen molar-refractivity contribution in [2.45, 2.75) is 70.9 Å². The Kier molecular flexibility index (Phi) is 8.78. The Balaban J connectivity index is 4.96. The van der Waals surface area contributed by atoms with Gasteiger partial charge in [-0.25, -0.2) is 0 Å². The summed E-state index contributed by atoms with van der Waals surface area (Å²) in [5.74, 6) is 0. The fraction of sp³-hybridized carbons (Fsp3) is 0.875. The van der Waals surface area contributed by atoms with Gasteiger partial charge in [-0.05, 0) is 39.8 Å². The molecule has 0 bridgehead atoms. The van der Waals surface area contributed by atoms with Gasteiger partial charge in [0.15, 0.2) is 0 Å². The van der Waals surface area contributed by atoms with Crippen molar-refractivity contribution in [1.82, 2.24) is 0 Å². The number of hydrogen-bond donors (Lipinski definition) is 1. The van der Waals surface area contributed by atoms with E-state index in [9.17, 15) is 0 Å². The molecule has 0 amide bonds. The Bertz CT molecular complexity index is 309. The van der Waals surface area contributed by atoms with Crippen LogP contribution in [-0.2, 0) is 13.9 Å². The normalized spacial score (nSPS) is 17.9. The Morgan fingerprint density at radius 1 is 1.14 bits per heavy atom. The lowest BCUT2D eigenvalue weighted by atomic mass is 10.0. The molecule has 1 N–H and O–H groups in total. The molecule has 0 spiro atoms. The lowest BCUT2D eigenvalue weighted by Gasteiger charge is -2.46. The lowest BCUT2D eigenvalue weighted by molar-refractivity contribution is -0.0349. The predicted octanol–water partition coefficient (Wildman–Crippen LogP) is 3.64. The molecule has 0 aromatic carbocycles. The van der Waals surface area contributed by atoms with Gasteiger partial charge in [-0.15, -0.1) is 0 Å². The van der Waals surface area contributed by atoms with Crippen molar-refractivity contribution < 1.29 is 19.0 Å². The van der Waals surface area contributed by atoms with Gasteiger partial charge in [-0.2, -0.15) is 0 Å². The van der Waals surface area contributed by atoms with E-state index in [-0.39, 0.29) is 17.4 Å². The quantitative estimate of drug-likeness (QED) is 0.339. The summed E-state index contributed by atoms with van der Waals surface area (Å²) < 4.78 is 17.8. The van der Waals surface area contributed by atoms with Crippen molar-refractivity contribution in [2.24, 2.45) is 0 Å². The van der Waals surface area contributed by atoms with E-state index in [1.54, 1.807) is 0 Å². The van der Waals surface area contributed by atoms with E-state index >= 15 is 0 Å². The molecule has 0 aromatic heterocycles. The highest BCUT2D eigenvalue weighted by Crippen LogP contribution is 2.35. The van der Waals surface area contributed by atoms with Crippen LogP contribution >= 0.6 is 0 Å². The molecule has 126 valence electrons. The summed E-state index contributed by atoms with van der Waals surface area (Å²) in [6.45, 7) is 17.4. The maximum Gasteiger partial charge on any atom is 0.218 e. The van der Waals surface area contributed by atoms with Gasteiger partial charge in [-0.3, -0.25) is 0 Å². The van der Waals surface area contributed by atoms with Gasteiger partial charge in [0.2, 0.25) is 8.32 Å². The Labute approximate surface area is 131 Å². The monoisotopic (exact) mass is 318 g/mol. The van der Waals surface area contributed by atoms with Crippen molar-refractivity contribution in [2.75, 3.05) is 19.8 Å². The first kappa shape index (κ1) is 20.6. The average molecular weight is 319 g/mol. The smallest absolute Gasteiger partial charge is 0.218 e. The fourth-order valence-corrected chi connectivity index (χ4v) is 5.35. The molecule has 2 atom stereocenters. The van der Waals surface area contributed by atoms with Crippen LogP contribution in [0, 0.1) is 0 Å². The molecule has 5 heteroatoms. The molecule has 0 aliphatic heterocycles. The van der Waals surface area contributed by atoms with Crippen LogP contribution in [0.2, 0.25) is 13.1 Å². The Hall–Kier alpha value is -0.363. The van der Waals surface area contributed by atoms with E-state index in [2.05, 4.69) is 47.4 Å². The van der Waals surface area contributed by atoms with Crippen LogP contribution in [0.4, 0.5) is 0 Å². The van der Waals surface area contributed by atoms with Gasteiger partial charge in [-0.1, -0.05) is 20.4 Å². The largest absolute Gasteiger partial charge is 0.502 e. The van der Waals surface area contributed by atoms with Crippen LogP contribution in [0.25, 0.3) is 0 Å². The molecule has 0 rings (SSSR count). The summed E-state index contributed by atoms with van der Waals surface area (Å²) in [5.41, 5.74) is -0.224. The van der Waals surface area contributed by atoms with E-state index in [1.807, 2.05) is 0 Å². The SMILES string of the molecule is C=COCCC(C)(CC)O[Si](C)(C)C(C)(CC)OCCO. The van der Waals surface area contributed by atoms with Crippen molar-refractivity contribution in [3.63, 3.8) is 0 Å². The maximum absolute atomic E-state index is 9.04. The molecular formula is C16H34O4Si. The van der Waals surface area contributed by atoms with Crippen molar-refractivity contribution >= 4 is 8.32 Å². The van der Waals surface area contributed by atoms with Crippen LogP contribution in [0.1, 0.15) is 47.0 Å². The topological polar surface area (TPSA) is 47.9 Å². The van der Waals surface area contributed by atoms with Crippen molar-refractivity contribution in [3.8, 4) is 0 Å². The molecule has 0 radical (unpaired) electrons. The number of rotatable bonds is 12. The van der Waals surface area contributed by atoms with Crippen LogP contribution < -0.4 is 0 Å². The van der Waals surface area contributed by atoms with Crippen LogP contribution in [0.5, 0.6) is 0 Å². The lowest BCUT2D eigenvalue weighted by Crippen LogP contribution is -2.60. The summed E-state index contributed by atoms with van der Waals surface area (Å²) in [7, 11) is -2.13. The molecule has 21 heavy (non-hydrogen) atoms. The third-order valence-corrected chi connectivity index (χ3v) is 8.62. The van der Waals surface area contributed by atoms with E-state index in [0.717, 1.165) is 19.3 Å². The summed E-state index contributed by atoms with van der Waals surface area (Å²) >= 11 is 0. The second kappa shape index (κ2) is 8.93. The van der Waals surface area contributed by atoms with Crippen LogP contribution in [-0.4, -0.2) is 44.1 Å². The zero-order valence-corrected chi connectivity index (χ0v) is 15.7. The van der Waals surface area contributed by atoms with Gasteiger partial charge in [0.25, 0.3) is 0 Å². The van der Waals surface area contributed by atoms with Gasteiger partial charge < -0.3 is 19.0 Å². The molecule has 0 saturated heterocycles. The van der Waals surface area contributed by atoms with Gasteiger partial charge in [0, 0.05) is 6.42 Å². The summed E-state index contributed by atoms with van der Waals surface area (Å²) in [5, 5.41) is 8.72. The molecule has 0 heterocycles. The van der Waals surface area contributed by atoms with Gasteiger partial charge in [0.05, 0.1) is 36.9 Å². The summed E-state index contributed by atoms with van der Waals surface area (Å²) in [6.07, 6.45) is 4.09. The van der Waals surface area contributed by atoms with Gasteiger partial charge in [0.1, 0.15) is 0 Å². The minimum atomic E-state index is -2.13. The predicted molar refractivity (Wildman–Crippen MR) is 89.8 cm³/mol. The third kappa shape index (κ3) is 6.10. The van der Waals surface area contributed by atoms with Crippen LogP contribution in [0.15, 0.2) is 12.8 Å². The number of aliphatic hydroxyl groups is 1. The molecule has 0 aliphatic carbocycles. The van der Waals surface area contributed by atoms with Crippen molar-refractivity contribution in [1.29, 1.82) is 0 Å². The Morgan fingerprint density at radius 2 is 1.76 bits per heavy atom. The van der Waals surface area contributed by atoms with E-state index in [0.29, 0.717) is 13.2 Å². The second-order valence-electron chi connectivity index (χ2n) is 6.36. The molecule has 0 fully saturated rings. The highest BCUT2D eigenvalue weighted by atomic mass is 28.4. The Morgan fingerprint density at radius 3 is 2.19 bits per heavy atom. The molecule has 0 saturated carbocycles. The number of hydrogen-bond acceptors (Lipinski definition) is 4. The molecular weight excluding hydrogens is 284 g/mol. The standard InChI is InChI=1S/C16H34O4Si/c1-8-15(4,11-13-18-10-3)20-21(6,7)16(5,9-2)19-14-12-17/h10,17H,3,8-9,11-14H2,1-2,4-7H3. The van der Waals surface area contributed by atoms with Crippen LogP contribution in [0.3, 0.4) is 0 Å². The third-order valence-electron chi connectivity index (χ3n) is 4.58. The second-order valence-corrected chi connectivity index (χ2v) is 10.6. The minimum Gasteiger partial charge on any atom is -0.502 e. The molecule has 0 aliphatic rings. The first-order chi connectivity index (χ1) is 9.70. The minimum absolute atomic E-state index is 0.0400.